The van der Waals surface area contributed by atoms with Crippen LogP contribution in [-0.4, -0.2) is 0 Å². The van der Waals surface area contributed by atoms with Crippen LogP contribution in [0.25, 0.3) is 0 Å². The molecule has 0 spiro atoms. The molecule has 1 aromatic heterocycles. The van der Waals surface area contributed by atoms with Gasteiger partial charge in [0.15, 0.2) is 0 Å². The maximum atomic E-state index is 4.21. The topological polar surface area (TPSA) is 0 Å². The maximum Gasteiger partial charge on any atom is 0.00393 e. The highest BCUT2D eigenvalue weighted by atomic mass is 32.2. The first-order chi connectivity index (χ1) is 6.81. The van der Waals surface area contributed by atoms with Crippen molar-refractivity contribution in [1.82, 2.24) is 0 Å². The van der Waals surface area contributed by atoms with Gasteiger partial charge < -0.3 is 0 Å². The molecule has 0 N–H and O–H groups in total. The predicted molar refractivity (Wildman–Crippen MR) is 69.8 cm³/mol. The van der Waals surface area contributed by atoms with E-state index in [1.165, 1.54) is 21.3 Å². The molecule has 3 heteroatoms. The highest BCUT2D eigenvalue weighted by Crippen LogP contribution is 2.39. The summed E-state index contributed by atoms with van der Waals surface area (Å²) in [6.07, 6.45) is 3.16. The summed E-state index contributed by atoms with van der Waals surface area (Å²) in [6, 6.07) is 2.21. The Balaban J connectivity index is 2.09. The predicted octanol–water partition coefficient (Wildman–Crippen LogP) is 4.21. The Morgan fingerprint density at radius 3 is 3.07 bits per heavy atom. The van der Waals surface area contributed by atoms with Crippen LogP contribution in [0.2, 0.25) is 0 Å². The Kier molecular flexibility index (Phi) is 3.31. The largest absolute Gasteiger partial charge is 0.220 e. The fraction of sp³-hybridized carbons (Fsp3) is 0.182. The lowest BCUT2D eigenvalue weighted by atomic mass is 10.1. The van der Waals surface area contributed by atoms with Crippen LogP contribution in [0.15, 0.2) is 33.9 Å². The highest BCUT2D eigenvalue weighted by Gasteiger charge is 2.09. The van der Waals surface area contributed by atoms with Crippen molar-refractivity contribution < 1.29 is 0 Å². The Morgan fingerprint density at radius 2 is 2.43 bits per heavy atom. The normalized spacial score (nSPS) is 18.4. The van der Waals surface area contributed by atoms with Gasteiger partial charge in [-0.2, -0.15) is 23.4 Å². The average molecular weight is 239 g/mol. The molecule has 0 bridgehead atoms. The summed E-state index contributed by atoms with van der Waals surface area (Å²) >= 11 is 7.83. The zero-order chi connectivity index (χ0) is 9.97. The molecule has 0 nitrogen and oxygen atoms in total. The van der Waals surface area contributed by atoms with Crippen molar-refractivity contribution in [1.29, 1.82) is 0 Å². The molecular weight excluding hydrogens is 228 g/mol. The quantitative estimate of drug-likeness (QED) is 0.596. The molecule has 0 aromatic carbocycles. The van der Waals surface area contributed by atoms with Crippen LogP contribution in [0.5, 0.6) is 0 Å². The standard InChI is InChI=1S/C11H11S3/c1-8-9(2-4-13-8)6-11-10(7-12)3-5-14-11/h2-5,7,12H,6H2,1H3/q-1. The van der Waals surface area contributed by atoms with E-state index in [1.807, 2.05) is 16.7 Å². The van der Waals surface area contributed by atoms with Gasteiger partial charge in [-0.3, -0.25) is 0 Å². The average Bonchev–Trinajstić information content (AvgIpc) is 2.77. The van der Waals surface area contributed by atoms with Crippen LogP contribution in [0.3, 0.4) is 0 Å². The second-order valence-corrected chi connectivity index (χ2v) is 5.49. The van der Waals surface area contributed by atoms with Crippen LogP contribution < -0.4 is 0 Å². The van der Waals surface area contributed by atoms with Crippen LogP contribution in [0.4, 0.5) is 0 Å². The molecule has 0 atom stereocenters. The van der Waals surface area contributed by atoms with Crippen molar-refractivity contribution in [3.63, 3.8) is 0 Å². The summed E-state index contributed by atoms with van der Waals surface area (Å²) in [7, 11) is 0. The number of thiol groups is 1. The van der Waals surface area contributed by atoms with Crippen molar-refractivity contribution in [3.05, 3.63) is 49.6 Å². The van der Waals surface area contributed by atoms with Gasteiger partial charge in [0.25, 0.3) is 0 Å². The van der Waals surface area contributed by atoms with E-state index in [0.29, 0.717) is 0 Å². The van der Waals surface area contributed by atoms with E-state index in [9.17, 15) is 0 Å². The first-order valence-corrected chi connectivity index (χ1v) is 6.65. The fourth-order valence-electron chi connectivity index (χ4n) is 1.38. The lowest BCUT2D eigenvalue weighted by molar-refractivity contribution is 1.14. The molecule has 1 aliphatic rings. The van der Waals surface area contributed by atoms with Crippen molar-refractivity contribution in [3.8, 4) is 0 Å². The monoisotopic (exact) mass is 239 g/mol. The van der Waals surface area contributed by atoms with Gasteiger partial charge in [-0.1, -0.05) is 5.41 Å². The molecule has 1 aromatic rings. The minimum absolute atomic E-state index is 1.04. The van der Waals surface area contributed by atoms with E-state index in [2.05, 4.69) is 42.5 Å². The first-order valence-electron chi connectivity index (χ1n) is 4.38. The SMILES string of the molecule is Cc1sccc1C[C-]1SC=CC1=CS. The molecule has 0 saturated heterocycles. The lowest BCUT2D eigenvalue weighted by Crippen LogP contribution is -1.95. The van der Waals surface area contributed by atoms with E-state index < -0.39 is 0 Å². The molecule has 74 valence electrons. The lowest BCUT2D eigenvalue weighted by Gasteiger charge is -2.19. The molecule has 1 aliphatic heterocycles. The molecule has 0 unspecified atom stereocenters. The second kappa shape index (κ2) is 4.51. The Bertz CT molecular complexity index is 374. The summed E-state index contributed by atoms with van der Waals surface area (Å²) in [6.45, 7) is 2.18. The molecule has 0 radical (unpaired) electrons. The van der Waals surface area contributed by atoms with E-state index in [4.69, 9.17) is 0 Å². The van der Waals surface area contributed by atoms with Crippen molar-refractivity contribution in [2.45, 2.75) is 13.3 Å². The van der Waals surface area contributed by atoms with E-state index >= 15 is 0 Å². The van der Waals surface area contributed by atoms with E-state index in [-0.39, 0.29) is 0 Å². The summed E-state index contributed by atoms with van der Waals surface area (Å²) in [5, 5.41) is 7.57. The summed E-state index contributed by atoms with van der Waals surface area (Å²) in [5.74, 6) is 0. The van der Waals surface area contributed by atoms with Gasteiger partial charge in [-0.25, -0.2) is 12.6 Å². The zero-order valence-electron chi connectivity index (χ0n) is 7.86. The number of hydrogen-bond acceptors (Lipinski definition) is 3. The third-order valence-corrected chi connectivity index (χ3v) is 4.34. The van der Waals surface area contributed by atoms with Crippen LogP contribution in [0, 0.1) is 12.2 Å². The van der Waals surface area contributed by atoms with Crippen LogP contribution in [-0.2, 0) is 6.42 Å². The molecule has 0 amide bonds. The number of rotatable bonds is 2. The third-order valence-electron chi connectivity index (χ3n) is 2.24. The summed E-state index contributed by atoms with van der Waals surface area (Å²) in [5.41, 5.74) is 2.69. The van der Waals surface area contributed by atoms with E-state index in [0.717, 1.165) is 6.42 Å². The minimum Gasteiger partial charge on any atom is -0.220 e. The van der Waals surface area contributed by atoms with Crippen molar-refractivity contribution >= 4 is 35.7 Å². The zero-order valence-corrected chi connectivity index (χ0v) is 10.4. The maximum absolute atomic E-state index is 4.21. The molecule has 0 aliphatic carbocycles. The van der Waals surface area contributed by atoms with Gasteiger partial charge >= 0.3 is 0 Å². The fourth-order valence-corrected chi connectivity index (χ4v) is 3.31. The number of thioether (sulfide) groups is 1. The molecule has 0 saturated carbocycles. The van der Waals surface area contributed by atoms with Gasteiger partial charge in [0.05, 0.1) is 0 Å². The number of allylic oxidation sites excluding steroid dienone is 1. The Labute approximate surface area is 98.5 Å². The summed E-state index contributed by atoms with van der Waals surface area (Å²) in [4.78, 5) is 1.42. The second-order valence-electron chi connectivity index (χ2n) is 3.11. The summed E-state index contributed by atoms with van der Waals surface area (Å²) < 4.78 is 0. The van der Waals surface area contributed by atoms with Crippen molar-refractivity contribution in [2.24, 2.45) is 0 Å². The van der Waals surface area contributed by atoms with Gasteiger partial charge in [0, 0.05) is 4.88 Å². The van der Waals surface area contributed by atoms with E-state index in [1.54, 1.807) is 11.8 Å². The Hall–Kier alpha value is -0.250. The number of aryl methyl sites for hydroxylation is 1. The van der Waals surface area contributed by atoms with Crippen molar-refractivity contribution in [2.75, 3.05) is 0 Å². The van der Waals surface area contributed by atoms with Gasteiger partial charge in [-0.15, -0.1) is 22.0 Å². The molecule has 14 heavy (non-hydrogen) atoms. The van der Waals surface area contributed by atoms with Gasteiger partial charge in [0.1, 0.15) is 0 Å². The number of hydrogen-bond donors (Lipinski definition) is 1. The first kappa shape index (κ1) is 10.3. The smallest absolute Gasteiger partial charge is 0.00393 e. The third kappa shape index (κ3) is 2.05. The molecule has 2 heterocycles. The van der Waals surface area contributed by atoms with Crippen LogP contribution >= 0.6 is 35.7 Å². The number of thiophene rings is 1. The molecule has 0 fully saturated rings. The van der Waals surface area contributed by atoms with Gasteiger partial charge in [0.2, 0.25) is 0 Å². The van der Waals surface area contributed by atoms with Crippen LogP contribution in [0.1, 0.15) is 10.4 Å². The van der Waals surface area contributed by atoms with Gasteiger partial charge in [-0.05, 0) is 30.4 Å². The highest BCUT2D eigenvalue weighted by molar-refractivity contribution is 8.05. The Morgan fingerprint density at radius 1 is 1.57 bits per heavy atom. The molecular formula is C11H11S3-. The minimum atomic E-state index is 1.04. The molecule has 2 rings (SSSR count).